The van der Waals surface area contributed by atoms with Crippen molar-refractivity contribution in [1.82, 2.24) is 0 Å². The minimum Gasteiger partial charge on any atom is -0.0800 e. The number of hydrogen-bond acceptors (Lipinski definition) is 0. The Hall–Kier alpha value is -3.42. The topological polar surface area (TPSA) is 0 Å². The molecule has 8 rings (SSSR count). The first kappa shape index (κ1) is 35.6. The first-order chi connectivity index (χ1) is 24.6. The highest BCUT2D eigenvalue weighted by molar-refractivity contribution is 7.04. The molecule has 9 atom stereocenters. The van der Waals surface area contributed by atoms with E-state index in [0.29, 0.717) is 58.4 Å². The van der Waals surface area contributed by atoms with Gasteiger partial charge in [0.15, 0.2) is 0 Å². The van der Waals surface area contributed by atoms with E-state index in [1.54, 1.807) is 10.4 Å². The lowest BCUT2D eigenvalue weighted by Gasteiger charge is -2.51. The molecule has 0 amide bonds. The van der Waals surface area contributed by atoms with Crippen LogP contribution in [-0.2, 0) is 0 Å². The summed E-state index contributed by atoms with van der Waals surface area (Å²) in [5.41, 5.74) is 7.28. The van der Waals surface area contributed by atoms with Crippen molar-refractivity contribution in [3.8, 4) is 0 Å². The van der Waals surface area contributed by atoms with Crippen LogP contribution >= 0.6 is 0 Å². The third-order valence-electron chi connectivity index (χ3n) is 14.1. The third kappa shape index (κ3) is 5.67. The Bertz CT molecular complexity index is 1840. The Morgan fingerprint density at radius 2 is 0.692 bits per heavy atom. The molecule has 0 spiro atoms. The lowest BCUT2D eigenvalue weighted by atomic mass is 9.74. The molecule has 2 fully saturated rings. The molecule has 2 aromatic rings. The smallest absolute Gasteiger partial charge is 0.0800 e. The number of hydrogen-bond donors (Lipinski definition) is 0. The highest BCUT2D eigenvalue weighted by Gasteiger charge is 2.67. The van der Waals surface area contributed by atoms with E-state index in [9.17, 15) is 0 Å². The molecule has 0 aliphatic heterocycles. The molecular weight excluding hydrogens is 641 g/mol. The average molecular weight is 703 g/mol. The van der Waals surface area contributed by atoms with Crippen LogP contribution in [0.1, 0.15) is 69.2 Å². The van der Waals surface area contributed by atoms with E-state index in [-0.39, 0.29) is 16.2 Å². The van der Waals surface area contributed by atoms with Crippen LogP contribution < -0.4 is 10.4 Å². The zero-order chi connectivity index (χ0) is 36.8. The van der Waals surface area contributed by atoms with E-state index < -0.39 is 8.07 Å². The van der Waals surface area contributed by atoms with Gasteiger partial charge in [-0.25, -0.2) is 0 Å². The van der Waals surface area contributed by atoms with Crippen LogP contribution in [0.5, 0.6) is 0 Å². The second kappa shape index (κ2) is 12.6. The molecule has 0 bridgehead atoms. The molecule has 1 heteroatoms. The number of benzene rings is 2. The Morgan fingerprint density at radius 1 is 0.385 bits per heavy atom. The van der Waals surface area contributed by atoms with Crippen molar-refractivity contribution in [3.63, 3.8) is 0 Å². The molecule has 9 unspecified atom stereocenters. The molecule has 2 saturated carbocycles. The van der Waals surface area contributed by atoms with Gasteiger partial charge in [-0.1, -0.05) is 212 Å². The zero-order valence-corrected chi connectivity index (χ0v) is 34.5. The molecule has 0 saturated heterocycles. The minimum atomic E-state index is -2.72. The Kier molecular flexibility index (Phi) is 8.61. The predicted molar refractivity (Wildman–Crippen MR) is 226 cm³/mol. The van der Waals surface area contributed by atoms with E-state index in [4.69, 9.17) is 0 Å². The number of fused-ring (bicyclic) bond motifs is 6. The fourth-order valence-corrected chi connectivity index (χ4v) is 19.2. The van der Waals surface area contributed by atoms with Crippen molar-refractivity contribution in [2.75, 3.05) is 0 Å². The Labute approximate surface area is 317 Å². The molecule has 52 heavy (non-hydrogen) atoms. The standard InChI is InChI=1S/C51H62Si/c1-33-21-25-39-40-26-22-34(49(2,3)4)30-44(40)47(43(39)29-33)52(37-17-13-11-14-18-37,38-19-15-12-16-20-38)48-45-31-35(50(5,6)7)23-27-41(45)42-28-24-36(32-46(42)48)51(8,9)10/h11-32,39-48H,1-10H3. The summed E-state index contributed by atoms with van der Waals surface area (Å²) in [4.78, 5) is 0. The third-order valence-corrected chi connectivity index (χ3v) is 20.3. The number of allylic oxidation sites excluding steroid dienone is 16. The van der Waals surface area contributed by atoms with Crippen LogP contribution in [0.4, 0.5) is 0 Å². The van der Waals surface area contributed by atoms with Gasteiger partial charge in [-0.3, -0.25) is 0 Å². The van der Waals surface area contributed by atoms with Gasteiger partial charge in [0.25, 0.3) is 0 Å². The molecular formula is C51H62Si. The van der Waals surface area contributed by atoms with Gasteiger partial charge in [0.1, 0.15) is 8.07 Å². The molecule has 0 radical (unpaired) electrons. The van der Waals surface area contributed by atoms with E-state index in [0.717, 1.165) is 0 Å². The van der Waals surface area contributed by atoms with E-state index in [1.165, 1.54) is 22.3 Å². The van der Waals surface area contributed by atoms with Gasteiger partial charge >= 0.3 is 0 Å². The lowest BCUT2D eigenvalue weighted by molar-refractivity contribution is 0.433. The lowest BCUT2D eigenvalue weighted by Crippen LogP contribution is -2.68. The van der Waals surface area contributed by atoms with E-state index in [1.807, 2.05) is 0 Å². The normalized spacial score (nSPS) is 33.7. The fourth-order valence-electron chi connectivity index (χ4n) is 11.7. The van der Waals surface area contributed by atoms with Gasteiger partial charge in [0.2, 0.25) is 0 Å². The molecule has 6 aliphatic carbocycles. The highest BCUT2D eigenvalue weighted by Crippen LogP contribution is 2.67. The van der Waals surface area contributed by atoms with Gasteiger partial charge < -0.3 is 0 Å². The number of rotatable bonds is 4. The summed E-state index contributed by atoms with van der Waals surface area (Å²) >= 11 is 0. The van der Waals surface area contributed by atoms with E-state index >= 15 is 0 Å². The fraction of sp³-hybridized carbons (Fsp3) is 0.451. The Balaban J connectivity index is 1.49. The van der Waals surface area contributed by atoms with Crippen molar-refractivity contribution in [3.05, 3.63) is 156 Å². The zero-order valence-electron chi connectivity index (χ0n) is 33.5. The van der Waals surface area contributed by atoms with Gasteiger partial charge in [-0.2, -0.15) is 0 Å². The summed E-state index contributed by atoms with van der Waals surface area (Å²) in [6, 6.07) is 24.3. The van der Waals surface area contributed by atoms with Gasteiger partial charge in [0, 0.05) is 0 Å². The van der Waals surface area contributed by atoms with Crippen molar-refractivity contribution >= 4 is 18.4 Å². The summed E-state index contributed by atoms with van der Waals surface area (Å²) in [6.07, 6.45) is 31.7. The summed E-state index contributed by atoms with van der Waals surface area (Å²) in [6.45, 7) is 24.1. The summed E-state index contributed by atoms with van der Waals surface area (Å²) in [5, 5.41) is 3.27. The molecule has 0 N–H and O–H groups in total. The maximum absolute atomic E-state index is 2.81. The van der Waals surface area contributed by atoms with Crippen molar-refractivity contribution < 1.29 is 0 Å². The van der Waals surface area contributed by atoms with Gasteiger partial charge in [-0.15, -0.1) is 0 Å². The van der Waals surface area contributed by atoms with E-state index in [2.05, 4.69) is 203 Å². The predicted octanol–water partition coefficient (Wildman–Crippen LogP) is 12.1. The summed E-state index contributed by atoms with van der Waals surface area (Å²) < 4.78 is 0. The largest absolute Gasteiger partial charge is 0.126 e. The first-order valence-corrected chi connectivity index (χ1v) is 22.4. The molecule has 270 valence electrons. The van der Waals surface area contributed by atoms with Crippen LogP contribution in [0.3, 0.4) is 0 Å². The van der Waals surface area contributed by atoms with Crippen LogP contribution in [0.2, 0.25) is 11.1 Å². The minimum absolute atomic E-state index is 0.0990. The van der Waals surface area contributed by atoms with Gasteiger partial charge in [-0.05, 0) is 98.3 Å². The van der Waals surface area contributed by atoms with Crippen molar-refractivity contribution in [1.29, 1.82) is 0 Å². The second-order valence-corrected chi connectivity index (χ2v) is 24.5. The van der Waals surface area contributed by atoms with Crippen LogP contribution in [0, 0.1) is 63.6 Å². The monoisotopic (exact) mass is 702 g/mol. The quantitative estimate of drug-likeness (QED) is 0.278. The molecule has 2 aromatic carbocycles. The molecule has 0 aromatic heterocycles. The SMILES string of the molecule is CC1=CC2C(C=C1)C1C=CC(C(C)(C)C)=CC1C2[Si](c1ccccc1)(c1ccccc1)C1C2C=C(C(C)(C)C)C=CC2C2C=CC(C(C)(C)C)=CC21. The summed E-state index contributed by atoms with van der Waals surface area (Å²) in [5.74, 6) is 3.91. The van der Waals surface area contributed by atoms with Crippen molar-refractivity contribution in [2.24, 2.45) is 63.6 Å². The maximum atomic E-state index is 2.81. The van der Waals surface area contributed by atoms with Gasteiger partial charge in [0.05, 0.1) is 0 Å². The van der Waals surface area contributed by atoms with Crippen LogP contribution in [0.15, 0.2) is 156 Å². The second-order valence-electron chi connectivity index (χ2n) is 20.2. The maximum Gasteiger partial charge on any atom is 0.126 e. The molecule has 0 nitrogen and oxygen atoms in total. The highest BCUT2D eigenvalue weighted by atomic mass is 28.3. The molecule has 0 heterocycles. The van der Waals surface area contributed by atoms with Crippen molar-refractivity contribution in [2.45, 2.75) is 80.3 Å². The van der Waals surface area contributed by atoms with Crippen LogP contribution in [-0.4, -0.2) is 8.07 Å². The molecule has 6 aliphatic rings. The summed E-state index contributed by atoms with van der Waals surface area (Å²) in [7, 11) is -2.72. The first-order valence-electron chi connectivity index (χ1n) is 20.3. The Morgan fingerprint density at radius 3 is 1.02 bits per heavy atom. The average Bonchev–Trinajstić information content (AvgIpc) is 3.60. The van der Waals surface area contributed by atoms with Crippen LogP contribution in [0.25, 0.3) is 0 Å².